The van der Waals surface area contributed by atoms with Gasteiger partial charge in [0, 0.05) is 19.4 Å². The third kappa shape index (κ3) is 44.6. The van der Waals surface area contributed by atoms with Crippen LogP contribution in [0.25, 0.3) is 0 Å². The first-order valence-electron chi connectivity index (χ1n) is 24.2. The number of allylic oxidation sites excluding steroid dienone is 8. The molecule has 1 unspecified atom stereocenters. The second kappa shape index (κ2) is 47.2. The number of ether oxygens (including phenoxy) is 3. The van der Waals surface area contributed by atoms with Crippen LogP contribution in [0.2, 0.25) is 0 Å². The van der Waals surface area contributed by atoms with Crippen molar-refractivity contribution in [2.75, 3.05) is 19.8 Å². The van der Waals surface area contributed by atoms with E-state index in [-0.39, 0.29) is 25.2 Å². The smallest absolute Gasteiger partial charge is 0.306 e. The van der Waals surface area contributed by atoms with E-state index < -0.39 is 6.10 Å². The SMILES string of the molecule is CC/C=C\C/C=C\C/C=C\C/C=C\CCCCCOCC(COC(=O)CCCCCCCCCCCCCCCCCCCCC)OC(=O)CCCCCCC. The molecule has 0 amide bonds. The Balaban J connectivity index is 4.04. The van der Waals surface area contributed by atoms with Gasteiger partial charge in [-0.3, -0.25) is 9.59 Å². The first kappa shape index (κ1) is 53.9. The number of hydrogen-bond donors (Lipinski definition) is 0. The summed E-state index contributed by atoms with van der Waals surface area (Å²) in [4.78, 5) is 25.1. The Morgan fingerprint density at radius 1 is 0.411 bits per heavy atom. The Labute approximate surface area is 348 Å². The molecule has 326 valence electrons. The minimum Gasteiger partial charge on any atom is -0.462 e. The zero-order valence-electron chi connectivity index (χ0n) is 37.4. The molecule has 0 radical (unpaired) electrons. The van der Waals surface area contributed by atoms with Gasteiger partial charge in [-0.2, -0.15) is 0 Å². The van der Waals surface area contributed by atoms with Crippen molar-refractivity contribution in [2.24, 2.45) is 0 Å². The molecule has 0 aliphatic carbocycles. The van der Waals surface area contributed by atoms with Gasteiger partial charge in [0.25, 0.3) is 0 Å². The van der Waals surface area contributed by atoms with Crippen LogP contribution in [-0.2, 0) is 23.8 Å². The van der Waals surface area contributed by atoms with Crippen LogP contribution in [0.15, 0.2) is 48.6 Å². The van der Waals surface area contributed by atoms with Gasteiger partial charge in [0.15, 0.2) is 6.10 Å². The molecule has 1 atom stereocenters. The quantitative estimate of drug-likeness (QED) is 0.0350. The first-order valence-corrected chi connectivity index (χ1v) is 24.2. The van der Waals surface area contributed by atoms with E-state index in [9.17, 15) is 9.59 Å². The minimum atomic E-state index is -0.545. The van der Waals surface area contributed by atoms with Crippen molar-refractivity contribution in [3.63, 3.8) is 0 Å². The molecule has 0 bridgehead atoms. The molecule has 0 saturated carbocycles. The third-order valence-electron chi connectivity index (χ3n) is 10.4. The van der Waals surface area contributed by atoms with E-state index in [0.717, 1.165) is 83.5 Å². The molecule has 0 N–H and O–H groups in total. The lowest BCUT2D eigenvalue weighted by atomic mass is 10.0. The van der Waals surface area contributed by atoms with Crippen LogP contribution in [0.3, 0.4) is 0 Å². The van der Waals surface area contributed by atoms with Gasteiger partial charge in [-0.05, 0) is 57.8 Å². The van der Waals surface area contributed by atoms with Gasteiger partial charge in [-0.1, -0.05) is 217 Å². The van der Waals surface area contributed by atoms with Crippen LogP contribution in [0.4, 0.5) is 0 Å². The van der Waals surface area contributed by atoms with Crippen molar-refractivity contribution in [2.45, 2.75) is 245 Å². The normalized spacial score (nSPS) is 12.6. The van der Waals surface area contributed by atoms with E-state index in [2.05, 4.69) is 69.4 Å². The highest BCUT2D eigenvalue weighted by Crippen LogP contribution is 2.15. The molecule has 0 aliphatic heterocycles. The van der Waals surface area contributed by atoms with Crippen LogP contribution in [0.1, 0.15) is 239 Å². The average Bonchev–Trinajstić information content (AvgIpc) is 3.20. The summed E-state index contributed by atoms with van der Waals surface area (Å²) in [6.07, 6.45) is 57.2. The molecular formula is C51H92O5. The Morgan fingerprint density at radius 3 is 1.27 bits per heavy atom. The fraction of sp³-hybridized carbons (Fsp3) is 0.804. The first-order chi connectivity index (χ1) is 27.6. The van der Waals surface area contributed by atoms with E-state index in [4.69, 9.17) is 14.2 Å². The summed E-state index contributed by atoms with van der Waals surface area (Å²) in [7, 11) is 0. The summed E-state index contributed by atoms with van der Waals surface area (Å²) in [5.74, 6) is -0.420. The van der Waals surface area contributed by atoms with Crippen LogP contribution >= 0.6 is 0 Å². The standard InChI is InChI=1S/C51H92O5/c1-4-7-10-13-15-17-19-21-23-25-26-27-28-30-32-34-36-39-41-44-50(52)55-48-49(56-51(53)45-42-38-12-9-6-3)47-54-46-43-40-37-35-33-31-29-24-22-20-18-16-14-11-8-5-2/h8,11,16,18,22,24,31,33,49H,4-7,9-10,12-15,17,19-21,23,25-30,32,34-48H2,1-3H3/b11-8-,18-16-,24-22-,33-31-. The van der Waals surface area contributed by atoms with E-state index in [0.29, 0.717) is 19.4 Å². The minimum absolute atomic E-state index is 0.0748. The summed E-state index contributed by atoms with van der Waals surface area (Å²) in [5.41, 5.74) is 0. The maximum absolute atomic E-state index is 12.5. The van der Waals surface area contributed by atoms with Crippen molar-refractivity contribution in [1.29, 1.82) is 0 Å². The van der Waals surface area contributed by atoms with Crippen molar-refractivity contribution in [3.8, 4) is 0 Å². The van der Waals surface area contributed by atoms with Gasteiger partial charge in [0.2, 0.25) is 0 Å². The van der Waals surface area contributed by atoms with E-state index >= 15 is 0 Å². The van der Waals surface area contributed by atoms with Gasteiger partial charge in [-0.25, -0.2) is 0 Å². The number of esters is 2. The largest absolute Gasteiger partial charge is 0.462 e. The lowest BCUT2D eigenvalue weighted by Crippen LogP contribution is -2.30. The number of carbonyl (C=O) groups is 2. The van der Waals surface area contributed by atoms with Crippen LogP contribution in [0.5, 0.6) is 0 Å². The summed E-state index contributed by atoms with van der Waals surface area (Å²) in [5, 5.41) is 0. The number of rotatable bonds is 44. The Bertz CT molecular complexity index is 935. The molecule has 0 aromatic rings. The second-order valence-electron chi connectivity index (χ2n) is 16.0. The fourth-order valence-corrected chi connectivity index (χ4v) is 6.80. The topological polar surface area (TPSA) is 61.8 Å². The van der Waals surface area contributed by atoms with Crippen LogP contribution < -0.4 is 0 Å². The molecule has 0 fully saturated rings. The van der Waals surface area contributed by atoms with Crippen molar-refractivity contribution in [3.05, 3.63) is 48.6 Å². The molecule has 56 heavy (non-hydrogen) atoms. The summed E-state index contributed by atoms with van der Waals surface area (Å²) >= 11 is 0. The van der Waals surface area contributed by atoms with E-state index in [1.54, 1.807) is 0 Å². The molecule has 0 aromatic heterocycles. The van der Waals surface area contributed by atoms with Gasteiger partial charge in [0.05, 0.1) is 6.61 Å². The molecule has 0 aliphatic rings. The average molecular weight is 785 g/mol. The molecule has 0 rings (SSSR count). The second-order valence-corrected chi connectivity index (χ2v) is 16.0. The third-order valence-corrected chi connectivity index (χ3v) is 10.4. The molecule has 0 aromatic carbocycles. The van der Waals surface area contributed by atoms with E-state index in [1.165, 1.54) is 122 Å². The molecule has 5 heteroatoms. The van der Waals surface area contributed by atoms with Crippen molar-refractivity contribution in [1.82, 2.24) is 0 Å². The maximum Gasteiger partial charge on any atom is 0.306 e. The number of unbranched alkanes of at least 4 members (excludes halogenated alkanes) is 25. The number of hydrogen-bond acceptors (Lipinski definition) is 5. The molecule has 0 spiro atoms. The van der Waals surface area contributed by atoms with Crippen molar-refractivity contribution >= 4 is 11.9 Å². The zero-order chi connectivity index (χ0) is 40.7. The lowest BCUT2D eigenvalue weighted by molar-refractivity contribution is -0.163. The molecule has 5 nitrogen and oxygen atoms in total. The van der Waals surface area contributed by atoms with Crippen LogP contribution in [-0.4, -0.2) is 37.9 Å². The zero-order valence-corrected chi connectivity index (χ0v) is 37.4. The summed E-state index contributed by atoms with van der Waals surface area (Å²) in [6.45, 7) is 7.60. The Hall–Kier alpha value is -2.14. The van der Waals surface area contributed by atoms with E-state index in [1.807, 2.05) is 0 Å². The molecular weight excluding hydrogens is 693 g/mol. The predicted octanol–water partition coefficient (Wildman–Crippen LogP) is 16.0. The maximum atomic E-state index is 12.5. The monoisotopic (exact) mass is 785 g/mol. The summed E-state index contributed by atoms with van der Waals surface area (Å²) < 4.78 is 17.2. The Kier molecular flexibility index (Phi) is 45.4. The molecule has 0 heterocycles. The predicted molar refractivity (Wildman–Crippen MR) is 242 cm³/mol. The van der Waals surface area contributed by atoms with Gasteiger partial charge >= 0.3 is 11.9 Å². The fourth-order valence-electron chi connectivity index (χ4n) is 6.80. The highest BCUT2D eigenvalue weighted by Gasteiger charge is 2.17. The summed E-state index contributed by atoms with van der Waals surface area (Å²) in [6, 6.07) is 0. The van der Waals surface area contributed by atoms with Crippen molar-refractivity contribution < 1.29 is 23.8 Å². The lowest BCUT2D eigenvalue weighted by Gasteiger charge is -2.18. The Morgan fingerprint density at radius 2 is 0.804 bits per heavy atom. The molecule has 0 saturated heterocycles. The highest BCUT2D eigenvalue weighted by molar-refractivity contribution is 5.70. The number of carbonyl (C=O) groups excluding carboxylic acids is 2. The van der Waals surface area contributed by atoms with Gasteiger partial charge < -0.3 is 14.2 Å². The van der Waals surface area contributed by atoms with Gasteiger partial charge in [-0.15, -0.1) is 0 Å². The van der Waals surface area contributed by atoms with Crippen LogP contribution in [0, 0.1) is 0 Å². The highest BCUT2D eigenvalue weighted by atomic mass is 16.6. The van der Waals surface area contributed by atoms with Gasteiger partial charge in [0.1, 0.15) is 6.61 Å².